The summed E-state index contributed by atoms with van der Waals surface area (Å²) in [5, 5.41) is 3.57. The molecule has 10 rings (SSSR count). The molecule has 5 heterocycles. The van der Waals surface area contributed by atoms with E-state index in [1.165, 1.54) is 60.2 Å². The number of hydrogen-bond acceptors (Lipinski definition) is 5. The zero-order valence-electron chi connectivity index (χ0n) is 28.5. The predicted molar refractivity (Wildman–Crippen MR) is 217 cm³/mol. The molecule has 1 aliphatic heterocycles. The van der Waals surface area contributed by atoms with Crippen molar-refractivity contribution < 1.29 is 0 Å². The molecule has 1 aliphatic rings. The van der Waals surface area contributed by atoms with Gasteiger partial charge in [0.1, 0.15) is 5.03 Å². The zero-order chi connectivity index (χ0) is 35.1. The van der Waals surface area contributed by atoms with Crippen molar-refractivity contribution in [3.8, 4) is 78.1 Å². The van der Waals surface area contributed by atoms with E-state index in [9.17, 15) is 0 Å². The Morgan fingerprint density at radius 3 is 1.40 bits per heavy atom. The number of benzene rings is 5. The maximum absolute atomic E-state index is 4.99. The van der Waals surface area contributed by atoms with Crippen molar-refractivity contribution in [1.82, 2.24) is 19.9 Å². The monoisotopic (exact) mass is 694 g/mol. The minimum Gasteiger partial charge on any atom is -0.265 e. The second-order valence-corrected chi connectivity index (χ2v) is 14.2. The fraction of sp³-hybridized carbons (Fsp3) is 0. The first kappa shape index (κ1) is 31.1. The van der Waals surface area contributed by atoms with Crippen LogP contribution in [0.15, 0.2) is 193 Å². The van der Waals surface area contributed by atoms with E-state index in [0.717, 1.165) is 38.7 Å². The van der Waals surface area contributed by atoms with Crippen molar-refractivity contribution >= 4 is 22.5 Å². The van der Waals surface area contributed by atoms with Crippen LogP contribution in [0.4, 0.5) is 0 Å². The summed E-state index contributed by atoms with van der Waals surface area (Å²) in [6, 6.07) is 54.3. The van der Waals surface area contributed by atoms with Gasteiger partial charge in [-0.15, -0.1) is 0 Å². The molecule has 0 saturated carbocycles. The van der Waals surface area contributed by atoms with E-state index >= 15 is 0 Å². The first-order valence-electron chi connectivity index (χ1n) is 17.6. The minimum atomic E-state index is 0.910. The van der Waals surface area contributed by atoms with E-state index in [0.29, 0.717) is 0 Å². The lowest BCUT2D eigenvalue weighted by Gasteiger charge is -2.20. The molecule has 4 nitrogen and oxygen atoms in total. The van der Waals surface area contributed by atoms with Crippen LogP contribution in [0.5, 0.6) is 0 Å². The van der Waals surface area contributed by atoms with E-state index in [2.05, 4.69) is 142 Å². The van der Waals surface area contributed by atoms with Crippen LogP contribution in [-0.2, 0) is 0 Å². The molecule has 0 atom stereocenters. The Labute approximate surface area is 312 Å². The quantitative estimate of drug-likeness (QED) is 0.173. The molecule has 4 aromatic heterocycles. The van der Waals surface area contributed by atoms with E-state index in [4.69, 9.17) is 4.98 Å². The summed E-state index contributed by atoms with van der Waals surface area (Å²) in [5.41, 5.74) is 15.8. The summed E-state index contributed by atoms with van der Waals surface area (Å²) in [6.45, 7) is 0. The first-order valence-corrected chi connectivity index (χ1v) is 18.4. The van der Waals surface area contributed by atoms with Gasteiger partial charge in [0.2, 0.25) is 0 Å². The van der Waals surface area contributed by atoms with Crippen LogP contribution in [0.2, 0.25) is 0 Å². The van der Waals surface area contributed by atoms with Gasteiger partial charge in [-0.3, -0.25) is 9.97 Å². The van der Waals surface area contributed by atoms with Gasteiger partial charge in [-0.25, -0.2) is 9.97 Å². The lowest BCUT2D eigenvalue weighted by Crippen LogP contribution is -1.95. The smallest absolute Gasteiger partial charge is 0.109 e. The zero-order valence-corrected chi connectivity index (χ0v) is 29.3. The van der Waals surface area contributed by atoms with Gasteiger partial charge in [-0.1, -0.05) is 109 Å². The molecular formula is C48H30N4S. The van der Waals surface area contributed by atoms with Crippen molar-refractivity contribution in [2.45, 2.75) is 9.92 Å². The average molecular weight is 695 g/mol. The van der Waals surface area contributed by atoms with Crippen LogP contribution in [0.25, 0.3) is 88.9 Å². The summed E-state index contributed by atoms with van der Waals surface area (Å²) in [6.07, 6.45) is 9.12. The fourth-order valence-electron chi connectivity index (χ4n) is 7.22. The summed E-state index contributed by atoms with van der Waals surface area (Å²) in [4.78, 5) is 19.3. The fourth-order valence-corrected chi connectivity index (χ4v) is 8.28. The van der Waals surface area contributed by atoms with Gasteiger partial charge in [0.25, 0.3) is 0 Å². The maximum Gasteiger partial charge on any atom is 0.109 e. The maximum atomic E-state index is 4.99. The van der Waals surface area contributed by atoms with Crippen LogP contribution in [0.1, 0.15) is 0 Å². The molecule has 248 valence electrons. The van der Waals surface area contributed by atoms with Crippen LogP contribution < -0.4 is 0 Å². The lowest BCUT2D eigenvalue weighted by molar-refractivity contribution is 1.16. The molecule has 9 aromatic rings. The molecule has 0 N–H and O–H groups in total. The Bertz CT molecular complexity index is 2700. The first-order chi connectivity index (χ1) is 26.2. The molecule has 53 heavy (non-hydrogen) atoms. The lowest BCUT2D eigenvalue weighted by atomic mass is 9.94. The number of pyridine rings is 4. The largest absolute Gasteiger partial charge is 0.265 e. The Hall–Kier alpha value is -6.69. The van der Waals surface area contributed by atoms with Crippen LogP contribution >= 0.6 is 11.8 Å². The highest BCUT2D eigenvalue weighted by Crippen LogP contribution is 2.48. The summed E-state index contributed by atoms with van der Waals surface area (Å²) >= 11 is 1.76. The molecule has 5 aromatic carbocycles. The van der Waals surface area contributed by atoms with Gasteiger partial charge < -0.3 is 0 Å². The highest BCUT2D eigenvalue weighted by Gasteiger charge is 2.20. The summed E-state index contributed by atoms with van der Waals surface area (Å²) < 4.78 is 0. The normalized spacial score (nSPS) is 11.7. The Morgan fingerprint density at radius 1 is 0.358 bits per heavy atom. The van der Waals surface area contributed by atoms with E-state index in [1.54, 1.807) is 36.5 Å². The average Bonchev–Trinajstić information content (AvgIpc) is 3.24. The third kappa shape index (κ3) is 5.87. The standard InChI is InChI=1S/C48H30N4S/c1-2-39-22-27-51-48-47(39)42(3-1)43-28-40(16-17-46(43)53-48)35-12-8-33(9-13-35)31-4-6-32(7-5-31)34-10-14-36(15-11-34)41-29-44(37-18-23-49-24-19-37)52-45(30-41)38-20-25-50-26-21-38/h1-30H. The van der Waals surface area contributed by atoms with Gasteiger partial charge in [-0.05, 0) is 116 Å². The van der Waals surface area contributed by atoms with Crippen LogP contribution in [-0.4, -0.2) is 19.9 Å². The molecule has 0 unspecified atom stereocenters. The number of fused-ring (bicyclic) bond motifs is 2. The van der Waals surface area contributed by atoms with Gasteiger partial charge in [-0.2, -0.15) is 0 Å². The molecule has 0 fully saturated rings. The SMILES string of the molecule is c1cc2c3c(nccc3c1)Sc1ccc(-c3ccc(-c4ccc(-c5ccc(-c6cc(-c7ccncc7)nc(-c7ccncc7)c6)cc5)cc4)cc3)cc1-2. The van der Waals surface area contributed by atoms with Crippen molar-refractivity contribution in [1.29, 1.82) is 0 Å². The molecule has 0 aliphatic carbocycles. The van der Waals surface area contributed by atoms with Gasteiger partial charge in [0.05, 0.1) is 11.4 Å². The Morgan fingerprint density at radius 2 is 0.849 bits per heavy atom. The van der Waals surface area contributed by atoms with Crippen molar-refractivity contribution in [2.24, 2.45) is 0 Å². The van der Waals surface area contributed by atoms with Gasteiger partial charge in [0, 0.05) is 52.4 Å². The third-order valence-electron chi connectivity index (χ3n) is 10.00. The number of nitrogens with zero attached hydrogens (tertiary/aromatic N) is 4. The topological polar surface area (TPSA) is 51.6 Å². The molecule has 0 amide bonds. The molecule has 0 bridgehead atoms. The number of aromatic nitrogens is 4. The highest BCUT2D eigenvalue weighted by molar-refractivity contribution is 7.99. The molecule has 5 heteroatoms. The van der Waals surface area contributed by atoms with E-state index in [1.807, 2.05) is 30.5 Å². The van der Waals surface area contributed by atoms with Gasteiger partial charge >= 0.3 is 0 Å². The van der Waals surface area contributed by atoms with Crippen molar-refractivity contribution in [2.75, 3.05) is 0 Å². The van der Waals surface area contributed by atoms with Crippen LogP contribution in [0.3, 0.4) is 0 Å². The number of hydrogen-bond donors (Lipinski definition) is 0. The molecular weight excluding hydrogens is 665 g/mol. The second kappa shape index (κ2) is 13.1. The van der Waals surface area contributed by atoms with E-state index in [-0.39, 0.29) is 0 Å². The van der Waals surface area contributed by atoms with Gasteiger partial charge in [0.15, 0.2) is 0 Å². The summed E-state index contributed by atoms with van der Waals surface area (Å²) in [5.74, 6) is 0. The Balaban J connectivity index is 0.895. The number of rotatable bonds is 6. The summed E-state index contributed by atoms with van der Waals surface area (Å²) in [7, 11) is 0. The van der Waals surface area contributed by atoms with E-state index < -0.39 is 0 Å². The molecule has 0 radical (unpaired) electrons. The van der Waals surface area contributed by atoms with Crippen molar-refractivity contribution in [3.05, 3.63) is 183 Å². The highest BCUT2D eigenvalue weighted by atomic mass is 32.2. The molecule has 0 saturated heterocycles. The second-order valence-electron chi connectivity index (χ2n) is 13.2. The predicted octanol–water partition coefficient (Wildman–Crippen LogP) is 12.6. The Kier molecular flexibility index (Phi) is 7.70. The van der Waals surface area contributed by atoms with Crippen molar-refractivity contribution in [3.63, 3.8) is 0 Å². The van der Waals surface area contributed by atoms with Crippen LogP contribution in [0, 0.1) is 0 Å². The minimum absolute atomic E-state index is 0.910. The molecule has 0 spiro atoms. The third-order valence-corrected chi connectivity index (χ3v) is 11.1.